The molecule has 0 radical (unpaired) electrons. The van der Waals surface area contributed by atoms with Gasteiger partial charge in [-0.25, -0.2) is 9.52 Å². The van der Waals surface area contributed by atoms with E-state index in [1.54, 1.807) is 0 Å². The minimum atomic E-state index is -3.89. The molecule has 1 unspecified atom stereocenters. The van der Waals surface area contributed by atoms with Crippen LogP contribution in [-0.2, 0) is 35.9 Å². The van der Waals surface area contributed by atoms with Crippen LogP contribution in [0.25, 0.3) is 0 Å². The van der Waals surface area contributed by atoms with Crippen molar-refractivity contribution < 1.29 is 13.2 Å². The van der Waals surface area contributed by atoms with Gasteiger partial charge in [-0.15, -0.1) is 0 Å². The van der Waals surface area contributed by atoms with Crippen molar-refractivity contribution in [2.24, 2.45) is 0 Å². The first-order valence-corrected chi connectivity index (χ1v) is 11.4. The second kappa shape index (κ2) is 7.41. The zero-order chi connectivity index (χ0) is 19.0. The second-order valence-electron chi connectivity index (χ2n) is 8.01. The number of carbonyl (C=O) groups is 1. The maximum Gasteiger partial charge on any atom is 0.333 e. The van der Waals surface area contributed by atoms with Crippen molar-refractivity contribution >= 4 is 21.9 Å². The van der Waals surface area contributed by atoms with Gasteiger partial charge >= 0.3 is 16.2 Å². The molecule has 1 heterocycles. The van der Waals surface area contributed by atoms with E-state index in [-0.39, 0.29) is 6.04 Å². The lowest BCUT2D eigenvalue weighted by Crippen LogP contribution is -2.51. The third kappa shape index (κ3) is 4.12. The summed E-state index contributed by atoms with van der Waals surface area (Å²) in [6, 6.07) is 1.44. The average Bonchev–Trinajstić information content (AvgIpc) is 3.22. The molecule has 8 heteroatoms. The molecule has 27 heavy (non-hydrogen) atoms. The summed E-state index contributed by atoms with van der Waals surface area (Å²) in [4.78, 5) is 14.6. The first-order chi connectivity index (χ1) is 12.9. The summed E-state index contributed by atoms with van der Waals surface area (Å²) in [5.41, 5.74) is 5.83. The zero-order valence-electron chi connectivity index (χ0n) is 15.8. The molecule has 1 aromatic rings. The molecule has 0 aromatic heterocycles. The fourth-order valence-electron chi connectivity index (χ4n) is 4.74. The summed E-state index contributed by atoms with van der Waals surface area (Å²) in [5, 5.41) is 2.87. The number of benzene rings is 1. The predicted octanol–water partition coefficient (Wildman–Crippen LogP) is 1.71. The fourth-order valence-corrected chi connectivity index (χ4v) is 5.72. The van der Waals surface area contributed by atoms with Crippen LogP contribution in [0.15, 0.2) is 6.07 Å². The number of fused-ring (bicyclic) bond motifs is 2. The third-order valence-corrected chi connectivity index (χ3v) is 6.98. The molecule has 4 rings (SSSR count). The summed E-state index contributed by atoms with van der Waals surface area (Å²) in [6.45, 7) is 1.62. The van der Waals surface area contributed by atoms with Gasteiger partial charge in [0.25, 0.3) is 0 Å². The molecule has 2 amide bonds. The molecule has 3 aliphatic rings. The fraction of sp³-hybridized carbons (Fsp3) is 0.632. The number of likely N-dealkylation sites (tertiary alicyclic amines) is 1. The normalized spacial score (nSPS) is 22.3. The number of piperidine rings is 1. The molecule has 0 spiro atoms. The van der Waals surface area contributed by atoms with Crippen molar-refractivity contribution in [3.63, 3.8) is 0 Å². The van der Waals surface area contributed by atoms with Gasteiger partial charge in [0, 0.05) is 18.3 Å². The smallest absolute Gasteiger partial charge is 0.307 e. The van der Waals surface area contributed by atoms with Crippen molar-refractivity contribution in [3.05, 3.63) is 28.3 Å². The Morgan fingerprint density at radius 1 is 1.07 bits per heavy atom. The Balaban J connectivity index is 1.46. The maximum absolute atomic E-state index is 12.5. The number of anilines is 1. The van der Waals surface area contributed by atoms with Crippen molar-refractivity contribution in [2.45, 2.75) is 57.4 Å². The van der Waals surface area contributed by atoms with Crippen molar-refractivity contribution in [2.75, 3.05) is 25.5 Å². The number of rotatable bonds is 4. The van der Waals surface area contributed by atoms with E-state index in [1.165, 1.54) is 22.3 Å². The number of hydrogen-bond acceptors (Lipinski definition) is 4. The van der Waals surface area contributed by atoms with E-state index < -0.39 is 16.2 Å². The summed E-state index contributed by atoms with van der Waals surface area (Å²) in [5.74, 6) is 0. The number of urea groups is 1. The van der Waals surface area contributed by atoms with Crippen LogP contribution in [0, 0.1) is 0 Å². The highest BCUT2D eigenvalue weighted by Crippen LogP contribution is 2.38. The topological polar surface area (TPSA) is 90.5 Å². The van der Waals surface area contributed by atoms with E-state index in [4.69, 9.17) is 0 Å². The van der Waals surface area contributed by atoms with Gasteiger partial charge < -0.3 is 10.2 Å². The number of nitrogens with zero attached hydrogens (tertiary/aromatic N) is 1. The van der Waals surface area contributed by atoms with E-state index in [1.807, 2.05) is 7.05 Å². The second-order valence-corrected chi connectivity index (χ2v) is 9.46. The third-order valence-electron chi connectivity index (χ3n) is 5.88. The van der Waals surface area contributed by atoms with Crippen LogP contribution < -0.4 is 14.8 Å². The zero-order valence-corrected chi connectivity index (χ0v) is 16.6. The Kier molecular flexibility index (Phi) is 5.13. The lowest BCUT2D eigenvalue weighted by Gasteiger charge is -2.29. The number of carbonyl (C=O) groups excluding carboxylic acids is 1. The van der Waals surface area contributed by atoms with E-state index in [0.29, 0.717) is 6.54 Å². The van der Waals surface area contributed by atoms with Gasteiger partial charge in [-0.3, -0.25) is 0 Å². The van der Waals surface area contributed by atoms with Crippen LogP contribution in [0.4, 0.5) is 10.5 Å². The molecule has 1 aromatic carbocycles. The predicted molar refractivity (Wildman–Crippen MR) is 105 cm³/mol. The van der Waals surface area contributed by atoms with E-state index in [0.717, 1.165) is 63.6 Å². The maximum atomic E-state index is 12.5. The average molecular weight is 393 g/mol. The van der Waals surface area contributed by atoms with Crippen molar-refractivity contribution in [1.29, 1.82) is 0 Å². The van der Waals surface area contributed by atoms with Crippen LogP contribution in [-0.4, -0.2) is 45.5 Å². The van der Waals surface area contributed by atoms with Crippen LogP contribution in [0.2, 0.25) is 0 Å². The Bertz CT molecular complexity index is 821. The lowest BCUT2D eigenvalue weighted by molar-refractivity contribution is 0.241. The molecule has 7 nitrogen and oxygen atoms in total. The van der Waals surface area contributed by atoms with Crippen LogP contribution in [0.1, 0.15) is 47.9 Å². The number of aryl methyl sites for hydroxylation is 2. The molecule has 1 aliphatic heterocycles. The minimum absolute atomic E-state index is 0.167. The van der Waals surface area contributed by atoms with E-state index in [2.05, 4.69) is 25.7 Å². The SMILES string of the molecule is CN1CCCC(NS(=O)(=O)NC(=O)Nc2c3c(cc4c2CCC4)CCC3)C1. The van der Waals surface area contributed by atoms with E-state index in [9.17, 15) is 13.2 Å². The Morgan fingerprint density at radius 3 is 2.37 bits per heavy atom. The Hall–Kier alpha value is -1.64. The molecule has 148 valence electrons. The van der Waals surface area contributed by atoms with Gasteiger partial charge in [-0.1, -0.05) is 6.07 Å². The number of likely N-dealkylation sites (N-methyl/N-ethyl adjacent to an activating group) is 1. The summed E-state index contributed by atoms with van der Waals surface area (Å²) >= 11 is 0. The summed E-state index contributed by atoms with van der Waals surface area (Å²) in [6.07, 6.45) is 7.86. The standard InChI is InChI=1S/C19H28N4O3S/c1-23-10-4-7-15(12-23)21-27(25,26)22-19(24)20-18-16-8-2-5-13(16)11-14-6-3-9-17(14)18/h11,15,21H,2-10,12H2,1H3,(H2,20,22,24). The molecule has 0 saturated carbocycles. The molecular formula is C19H28N4O3S. The van der Waals surface area contributed by atoms with Crippen LogP contribution in [0.3, 0.4) is 0 Å². The number of amides is 2. The number of hydrogen-bond donors (Lipinski definition) is 3. The van der Waals surface area contributed by atoms with Crippen molar-refractivity contribution in [1.82, 2.24) is 14.3 Å². The Labute approximate surface area is 161 Å². The lowest BCUT2D eigenvalue weighted by atomic mass is 9.99. The largest absolute Gasteiger partial charge is 0.333 e. The first kappa shape index (κ1) is 18.7. The molecule has 1 fully saturated rings. The first-order valence-electron chi connectivity index (χ1n) is 9.87. The van der Waals surface area contributed by atoms with Gasteiger partial charge in [0.15, 0.2) is 0 Å². The highest BCUT2D eigenvalue weighted by atomic mass is 32.2. The molecule has 0 bridgehead atoms. The van der Waals surface area contributed by atoms with Gasteiger partial charge in [0.05, 0.1) is 0 Å². The molecule has 1 saturated heterocycles. The van der Waals surface area contributed by atoms with Gasteiger partial charge in [0.2, 0.25) is 0 Å². The molecular weight excluding hydrogens is 364 g/mol. The van der Waals surface area contributed by atoms with E-state index >= 15 is 0 Å². The number of nitrogens with one attached hydrogen (secondary N) is 3. The van der Waals surface area contributed by atoms with Crippen molar-refractivity contribution in [3.8, 4) is 0 Å². The van der Waals surface area contributed by atoms with Crippen LogP contribution in [0.5, 0.6) is 0 Å². The van der Waals surface area contributed by atoms with Gasteiger partial charge in [0.1, 0.15) is 0 Å². The molecule has 2 aliphatic carbocycles. The summed E-state index contributed by atoms with van der Waals surface area (Å²) < 4.78 is 29.5. The monoisotopic (exact) mass is 392 g/mol. The van der Waals surface area contributed by atoms with Gasteiger partial charge in [-0.05, 0) is 87.2 Å². The minimum Gasteiger partial charge on any atom is -0.307 e. The van der Waals surface area contributed by atoms with Gasteiger partial charge in [-0.2, -0.15) is 13.1 Å². The summed E-state index contributed by atoms with van der Waals surface area (Å²) in [7, 11) is -1.92. The molecule has 3 N–H and O–H groups in total. The quantitative estimate of drug-likeness (QED) is 0.728. The molecule has 1 atom stereocenters. The highest BCUT2D eigenvalue weighted by Gasteiger charge is 2.27. The Morgan fingerprint density at radius 2 is 1.74 bits per heavy atom. The highest BCUT2D eigenvalue weighted by molar-refractivity contribution is 7.88. The van der Waals surface area contributed by atoms with Crippen LogP contribution >= 0.6 is 0 Å².